The van der Waals surface area contributed by atoms with Crippen LogP contribution in [0.4, 0.5) is 0 Å². The van der Waals surface area contributed by atoms with E-state index in [1.807, 2.05) is 36.6 Å². The number of hydrogen-bond donors (Lipinski definition) is 1. The van der Waals surface area contributed by atoms with Gasteiger partial charge in [-0.2, -0.15) is 0 Å². The van der Waals surface area contributed by atoms with E-state index in [1.165, 1.54) is 11.3 Å². The summed E-state index contributed by atoms with van der Waals surface area (Å²) in [6.45, 7) is 1.89. The predicted octanol–water partition coefficient (Wildman–Crippen LogP) is 4.15. The topological polar surface area (TPSA) is 50.2 Å². The van der Waals surface area contributed by atoms with E-state index in [0.29, 0.717) is 0 Å². The van der Waals surface area contributed by atoms with Gasteiger partial charge < -0.3 is 5.11 Å². The summed E-state index contributed by atoms with van der Waals surface area (Å²) in [5.74, 6) is -0.838. The molecule has 0 amide bonds. The predicted molar refractivity (Wildman–Crippen MR) is 75.9 cm³/mol. The summed E-state index contributed by atoms with van der Waals surface area (Å²) in [4.78, 5) is 15.2. The molecule has 1 heterocycles. The van der Waals surface area contributed by atoms with Gasteiger partial charge in [0, 0.05) is 21.3 Å². The van der Waals surface area contributed by atoms with Crippen molar-refractivity contribution in [3.05, 3.63) is 39.1 Å². The Hall–Kier alpha value is -1.20. The molecule has 0 aliphatic heterocycles. The van der Waals surface area contributed by atoms with E-state index in [1.54, 1.807) is 0 Å². The molecule has 1 N–H and O–H groups in total. The minimum Gasteiger partial charge on any atom is -0.481 e. The maximum atomic E-state index is 10.7. The molecule has 0 saturated heterocycles. The van der Waals surface area contributed by atoms with E-state index in [4.69, 9.17) is 5.11 Å². The Morgan fingerprint density at radius 2 is 2.33 bits per heavy atom. The number of carbonyl (C=O) groups is 1. The van der Waals surface area contributed by atoms with Gasteiger partial charge in [-0.05, 0) is 12.1 Å². The second-order valence-electron chi connectivity index (χ2n) is 4.08. The van der Waals surface area contributed by atoms with E-state index < -0.39 is 5.97 Å². The van der Waals surface area contributed by atoms with Crippen molar-refractivity contribution in [1.29, 1.82) is 0 Å². The molecule has 1 atom stereocenters. The van der Waals surface area contributed by atoms with Gasteiger partial charge >= 0.3 is 5.97 Å². The van der Waals surface area contributed by atoms with Crippen molar-refractivity contribution in [3.63, 3.8) is 0 Å². The van der Waals surface area contributed by atoms with Crippen molar-refractivity contribution in [2.45, 2.75) is 19.3 Å². The van der Waals surface area contributed by atoms with Gasteiger partial charge in [-0.1, -0.05) is 35.0 Å². The highest BCUT2D eigenvalue weighted by molar-refractivity contribution is 9.10. The first kappa shape index (κ1) is 13.2. The quantitative estimate of drug-likeness (QED) is 0.918. The fourth-order valence-corrected chi connectivity index (χ4v) is 2.93. The molecule has 0 saturated carbocycles. The first-order chi connectivity index (χ1) is 8.56. The van der Waals surface area contributed by atoms with Crippen molar-refractivity contribution in [3.8, 4) is 11.3 Å². The zero-order valence-electron chi connectivity index (χ0n) is 9.76. The Morgan fingerprint density at radius 3 is 3.00 bits per heavy atom. The molecule has 2 rings (SSSR count). The van der Waals surface area contributed by atoms with E-state index in [2.05, 4.69) is 20.9 Å². The van der Waals surface area contributed by atoms with E-state index in [9.17, 15) is 4.79 Å². The van der Waals surface area contributed by atoms with Gasteiger partial charge in [0.15, 0.2) is 0 Å². The molecule has 0 spiro atoms. The van der Waals surface area contributed by atoms with Crippen LogP contribution in [-0.4, -0.2) is 16.1 Å². The Kier molecular flexibility index (Phi) is 4.14. The van der Waals surface area contributed by atoms with Gasteiger partial charge in [0.2, 0.25) is 0 Å². The van der Waals surface area contributed by atoms with Crippen LogP contribution in [0.1, 0.15) is 24.3 Å². The maximum Gasteiger partial charge on any atom is 0.304 e. The van der Waals surface area contributed by atoms with Crippen molar-refractivity contribution in [2.24, 2.45) is 0 Å². The first-order valence-electron chi connectivity index (χ1n) is 5.49. The fraction of sp³-hybridized carbons (Fsp3) is 0.231. The van der Waals surface area contributed by atoms with Crippen LogP contribution in [0.2, 0.25) is 0 Å². The van der Waals surface area contributed by atoms with Crippen LogP contribution in [0.15, 0.2) is 34.1 Å². The van der Waals surface area contributed by atoms with Gasteiger partial charge in [-0.15, -0.1) is 11.3 Å². The normalized spacial score (nSPS) is 12.3. The lowest BCUT2D eigenvalue weighted by Gasteiger charge is -2.03. The molecule has 18 heavy (non-hydrogen) atoms. The average molecular weight is 326 g/mol. The Balaban J connectivity index is 2.22. The molecule has 94 valence electrons. The third-order valence-electron chi connectivity index (χ3n) is 2.54. The lowest BCUT2D eigenvalue weighted by molar-refractivity contribution is -0.137. The molecule has 0 aliphatic rings. The standard InChI is InChI=1S/C13H12BrNO2S/c1-8(5-12(16)17)13-15-11(7-18-13)9-3-2-4-10(14)6-9/h2-4,6-8H,5H2,1H3,(H,16,17). The number of halogens is 1. The number of benzene rings is 1. The molecule has 2 aromatic rings. The van der Waals surface area contributed by atoms with Gasteiger partial charge in [0.05, 0.1) is 17.1 Å². The molecule has 1 aromatic heterocycles. The summed E-state index contributed by atoms with van der Waals surface area (Å²) < 4.78 is 1.01. The van der Waals surface area contributed by atoms with Gasteiger partial charge in [-0.3, -0.25) is 4.79 Å². The van der Waals surface area contributed by atoms with E-state index >= 15 is 0 Å². The average Bonchev–Trinajstić information content (AvgIpc) is 2.77. The summed E-state index contributed by atoms with van der Waals surface area (Å²) in [6.07, 6.45) is 0.117. The molecule has 3 nitrogen and oxygen atoms in total. The highest BCUT2D eigenvalue weighted by Gasteiger charge is 2.14. The minimum absolute atomic E-state index is 0.0478. The minimum atomic E-state index is -0.790. The fourth-order valence-electron chi connectivity index (χ4n) is 1.64. The van der Waals surface area contributed by atoms with Crippen LogP contribution in [0.3, 0.4) is 0 Å². The van der Waals surface area contributed by atoms with Crippen LogP contribution in [-0.2, 0) is 4.79 Å². The van der Waals surface area contributed by atoms with Crippen molar-refractivity contribution in [1.82, 2.24) is 4.98 Å². The summed E-state index contributed by atoms with van der Waals surface area (Å²) in [6, 6.07) is 7.91. The van der Waals surface area contributed by atoms with Crippen LogP contribution in [0.25, 0.3) is 11.3 Å². The van der Waals surface area contributed by atoms with Gasteiger partial charge in [0.25, 0.3) is 0 Å². The summed E-state index contributed by atoms with van der Waals surface area (Å²) in [5.41, 5.74) is 1.93. The third kappa shape index (κ3) is 3.17. The Bertz CT molecular complexity index is 568. The van der Waals surface area contributed by atoms with Gasteiger partial charge in [0.1, 0.15) is 0 Å². The van der Waals surface area contributed by atoms with Crippen LogP contribution >= 0.6 is 27.3 Å². The molecule has 0 radical (unpaired) electrons. The zero-order chi connectivity index (χ0) is 13.1. The lowest BCUT2D eigenvalue weighted by Crippen LogP contribution is -2.02. The third-order valence-corrected chi connectivity index (χ3v) is 4.11. The van der Waals surface area contributed by atoms with E-state index in [-0.39, 0.29) is 12.3 Å². The summed E-state index contributed by atoms with van der Waals surface area (Å²) >= 11 is 4.94. The molecular formula is C13H12BrNO2S. The first-order valence-corrected chi connectivity index (χ1v) is 7.16. The molecule has 0 bridgehead atoms. The van der Waals surface area contributed by atoms with Crippen molar-refractivity contribution < 1.29 is 9.90 Å². The van der Waals surface area contributed by atoms with Crippen molar-refractivity contribution >= 4 is 33.2 Å². The number of nitrogens with zero attached hydrogens (tertiary/aromatic N) is 1. The zero-order valence-corrected chi connectivity index (χ0v) is 12.2. The highest BCUT2D eigenvalue weighted by atomic mass is 79.9. The highest BCUT2D eigenvalue weighted by Crippen LogP contribution is 2.29. The van der Waals surface area contributed by atoms with Crippen LogP contribution < -0.4 is 0 Å². The molecule has 0 aliphatic carbocycles. The number of hydrogen-bond acceptors (Lipinski definition) is 3. The molecular weight excluding hydrogens is 314 g/mol. The van der Waals surface area contributed by atoms with Crippen molar-refractivity contribution in [2.75, 3.05) is 0 Å². The number of thiazole rings is 1. The molecule has 1 aromatic carbocycles. The van der Waals surface area contributed by atoms with E-state index in [0.717, 1.165) is 20.7 Å². The lowest BCUT2D eigenvalue weighted by atomic mass is 10.1. The number of aromatic nitrogens is 1. The number of aliphatic carboxylic acids is 1. The molecule has 5 heteroatoms. The Morgan fingerprint density at radius 1 is 1.56 bits per heavy atom. The van der Waals surface area contributed by atoms with Crippen LogP contribution in [0, 0.1) is 0 Å². The summed E-state index contributed by atoms with van der Waals surface area (Å²) in [5, 5.41) is 11.6. The second-order valence-corrected chi connectivity index (χ2v) is 5.89. The monoisotopic (exact) mass is 325 g/mol. The number of rotatable bonds is 4. The largest absolute Gasteiger partial charge is 0.481 e. The second kappa shape index (κ2) is 5.63. The number of carboxylic acid groups (broad SMARTS) is 1. The SMILES string of the molecule is CC(CC(=O)O)c1nc(-c2cccc(Br)c2)cs1. The Labute approximate surface area is 118 Å². The van der Waals surface area contributed by atoms with Gasteiger partial charge in [-0.25, -0.2) is 4.98 Å². The smallest absolute Gasteiger partial charge is 0.304 e. The van der Waals surface area contributed by atoms with Crippen LogP contribution in [0.5, 0.6) is 0 Å². The maximum absolute atomic E-state index is 10.7. The molecule has 0 fully saturated rings. The number of carboxylic acids is 1. The summed E-state index contributed by atoms with van der Waals surface area (Å²) in [7, 11) is 0. The molecule has 1 unspecified atom stereocenters.